The van der Waals surface area contributed by atoms with Crippen molar-refractivity contribution in [3.63, 3.8) is 0 Å². The molecule has 1 N–H and O–H groups in total. The smallest absolute Gasteiger partial charge is 0.282 e. The number of carbonyl (C=O) groups excluding carboxylic acids is 1. The zero-order valence-corrected chi connectivity index (χ0v) is 15.9. The van der Waals surface area contributed by atoms with Crippen LogP contribution in [0.5, 0.6) is 0 Å². The van der Waals surface area contributed by atoms with Crippen LogP contribution in [0.2, 0.25) is 0 Å². The van der Waals surface area contributed by atoms with Crippen LogP contribution >= 0.6 is 0 Å². The highest BCUT2D eigenvalue weighted by atomic mass is 32.2. The Morgan fingerprint density at radius 3 is 2.22 bits per heavy atom. The Morgan fingerprint density at radius 1 is 1.00 bits per heavy atom. The molecule has 144 valence electrons. The fraction of sp³-hybridized carbons (Fsp3) is 0.316. The first-order valence-corrected chi connectivity index (χ1v) is 10.2. The number of nitrogens with zero attached hydrogens (tertiary/aromatic N) is 2. The molecule has 0 atom stereocenters. The van der Waals surface area contributed by atoms with Crippen LogP contribution in [0.15, 0.2) is 48.5 Å². The van der Waals surface area contributed by atoms with Gasteiger partial charge in [0, 0.05) is 25.3 Å². The van der Waals surface area contributed by atoms with E-state index >= 15 is 0 Å². The van der Waals surface area contributed by atoms with Crippen molar-refractivity contribution in [2.75, 3.05) is 25.0 Å². The zero-order chi connectivity index (χ0) is 19.4. The molecule has 0 saturated carbocycles. The summed E-state index contributed by atoms with van der Waals surface area (Å²) in [7, 11) is -3.72. The number of hydrogen-bond acceptors (Lipinski definition) is 3. The van der Waals surface area contributed by atoms with Gasteiger partial charge in [-0.3, -0.25) is 4.79 Å². The lowest BCUT2D eigenvalue weighted by Gasteiger charge is -2.18. The number of hydrogen-bond donors (Lipinski definition) is 1. The number of halogens is 1. The molecule has 0 radical (unpaired) electrons. The number of benzene rings is 2. The molecule has 1 amide bonds. The van der Waals surface area contributed by atoms with Crippen LogP contribution in [0, 0.1) is 5.82 Å². The summed E-state index contributed by atoms with van der Waals surface area (Å²) in [5.41, 5.74) is 2.49. The minimum Gasteiger partial charge on any atom is -0.325 e. The van der Waals surface area contributed by atoms with E-state index in [0.29, 0.717) is 11.3 Å². The van der Waals surface area contributed by atoms with Crippen LogP contribution in [0.3, 0.4) is 0 Å². The molecule has 2 aromatic rings. The maximum atomic E-state index is 13.0. The van der Waals surface area contributed by atoms with Crippen molar-refractivity contribution in [2.24, 2.45) is 0 Å². The largest absolute Gasteiger partial charge is 0.325 e. The van der Waals surface area contributed by atoms with Crippen LogP contribution in [-0.4, -0.2) is 42.6 Å². The Bertz CT molecular complexity index is 899. The molecular weight excluding hydrogens is 369 g/mol. The molecule has 0 spiro atoms. The number of rotatable bonds is 6. The standard InChI is InChI=1S/C19H22FN3O3S/c1-2-15-5-9-18(10-6-15)21-19(24)14-23-12-11-22(27(23,25)26)13-16-3-7-17(20)8-4-16/h3-10H,2,11-14H2,1H3,(H,21,24). The van der Waals surface area contributed by atoms with Crippen LogP contribution in [0.1, 0.15) is 18.1 Å². The van der Waals surface area contributed by atoms with Crippen molar-refractivity contribution in [2.45, 2.75) is 19.9 Å². The van der Waals surface area contributed by atoms with E-state index in [-0.39, 0.29) is 37.9 Å². The molecule has 1 aliphatic rings. The molecule has 1 heterocycles. The quantitative estimate of drug-likeness (QED) is 0.822. The van der Waals surface area contributed by atoms with E-state index in [1.165, 1.54) is 16.4 Å². The molecule has 1 aliphatic heterocycles. The van der Waals surface area contributed by atoms with Crippen molar-refractivity contribution < 1.29 is 17.6 Å². The van der Waals surface area contributed by atoms with E-state index in [4.69, 9.17) is 0 Å². The SMILES string of the molecule is CCc1ccc(NC(=O)CN2CCN(Cc3ccc(F)cc3)S2(=O)=O)cc1. The molecular formula is C19H22FN3O3S. The predicted molar refractivity (Wildman–Crippen MR) is 102 cm³/mol. The van der Waals surface area contributed by atoms with Gasteiger partial charge in [0.15, 0.2) is 0 Å². The van der Waals surface area contributed by atoms with E-state index in [1.54, 1.807) is 24.3 Å². The molecule has 0 bridgehead atoms. The summed E-state index contributed by atoms with van der Waals surface area (Å²) in [6.07, 6.45) is 0.907. The van der Waals surface area contributed by atoms with Crippen LogP contribution in [0.4, 0.5) is 10.1 Å². The summed E-state index contributed by atoms with van der Waals surface area (Å²) in [5.74, 6) is -0.750. The highest BCUT2D eigenvalue weighted by Crippen LogP contribution is 2.20. The van der Waals surface area contributed by atoms with E-state index in [1.807, 2.05) is 19.1 Å². The highest BCUT2D eigenvalue weighted by Gasteiger charge is 2.37. The molecule has 2 aromatic carbocycles. The lowest BCUT2D eigenvalue weighted by molar-refractivity contribution is -0.116. The Balaban J connectivity index is 1.60. The fourth-order valence-corrected chi connectivity index (χ4v) is 4.46. The van der Waals surface area contributed by atoms with Gasteiger partial charge in [0.05, 0.1) is 6.54 Å². The fourth-order valence-electron chi connectivity index (χ4n) is 2.92. The first kappa shape index (κ1) is 19.5. The first-order chi connectivity index (χ1) is 12.9. The maximum absolute atomic E-state index is 13.0. The van der Waals surface area contributed by atoms with Crippen molar-refractivity contribution in [1.82, 2.24) is 8.61 Å². The van der Waals surface area contributed by atoms with Crippen molar-refractivity contribution >= 4 is 21.8 Å². The van der Waals surface area contributed by atoms with Gasteiger partial charge in [-0.2, -0.15) is 17.0 Å². The molecule has 1 saturated heterocycles. The second kappa shape index (κ2) is 8.16. The average Bonchev–Trinajstić information content (AvgIpc) is 2.91. The van der Waals surface area contributed by atoms with Gasteiger partial charge in [-0.05, 0) is 41.8 Å². The molecule has 3 rings (SSSR count). The topological polar surface area (TPSA) is 69.7 Å². The third-order valence-corrected chi connectivity index (χ3v) is 6.42. The molecule has 8 heteroatoms. The molecule has 1 fully saturated rings. The highest BCUT2D eigenvalue weighted by molar-refractivity contribution is 7.87. The molecule has 0 unspecified atom stereocenters. The van der Waals surface area contributed by atoms with Gasteiger partial charge >= 0.3 is 0 Å². The first-order valence-electron chi connectivity index (χ1n) is 8.77. The lowest BCUT2D eigenvalue weighted by Crippen LogP contribution is -2.37. The molecule has 6 nitrogen and oxygen atoms in total. The monoisotopic (exact) mass is 391 g/mol. The summed E-state index contributed by atoms with van der Waals surface area (Å²) in [5, 5.41) is 2.72. The molecule has 0 aromatic heterocycles. The second-order valence-electron chi connectivity index (χ2n) is 6.40. The Hall–Kier alpha value is -2.29. The van der Waals surface area contributed by atoms with Gasteiger partial charge in [-0.25, -0.2) is 4.39 Å². The third kappa shape index (κ3) is 4.71. The van der Waals surface area contributed by atoms with E-state index < -0.39 is 10.2 Å². The van der Waals surface area contributed by atoms with Crippen molar-refractivity contribution in [1.29, 1.82) is 0 Å². The van der Waals surface area contributed by atoms with Gasteiger partial charge in [-0.1, -0.05) is 31.2 Å². The van der Waals surface area contributed by atoms with Gasteiger partial charge in [0.2, 0.25) is 5.91 Å². The van der Waals surface area contributed by atoms with E-state index in [2.05, 4.69) is 5.32 Å². The van der Waals surface area contributed by atoms with Crippen LogP contribution < -0.4 is 5.32 Å². The van der Waals surface area contributed by atoms with Gasteiger partial charge in [0.1, 0.15) is 5.82 Å². The van der Waals surface area contributed by atoms with Crippen molar-refractivity contribution in [3.8, 4) is 0 Å². The number of carbonyl (C=O) groups is 1. The Labute approximate surface area is 158 Å². The summed E-state index contributed by atoms with van der Waals surface area (Å²) in [4.78, 5) is 12.2. The predicted octanol–water partition coefficient (Wildman–Crippen LogP) is 2.39. The van der Waals surface area contributed by atoms with Gasteiger partial charge in [0.25, 0.3) is 10.2 Å². The summed E-state index contributed by atoms with van der Waals surface area (Å²) in [6, 6.07) is 13.2. The summed E-state index contributed by atoms with van der Waals surface area (Å²) in [6.45, 7) is 2.49. The minimum absolute atomic E-state index is 0.152. The number of aryl methyl sites for hydroxylation is 1. The lowest BCUT2D eigenvalue weighted by atomic mass is 10.1. The van der Waals surface area contributed by atoms with E-state index in [0.717, 1.165) is 16.3 Å². The normalized spacial score (nSPS) is 17.1. The summed E-state index contributed by atoms with van der Waals surface area (Å²) < 4.78 is 40.7. The van der Waals surface area contributed by atoms with E-state index in [9.17, 15) is 17.6 Å². The van der Waals surface area contributed by atoms with Crippen LogP contribution in [0.25, 0.3) is 0 Å². The second-order valence-corrected chi connectivity index (χ2v) is 8.33. The van der Waals surface area contributed by atoms with Gasteiger partial charge < -0.3 is 5.32 Å². The van der Waals surface area contributed by atoms with Crippen LogP contribution in [-0.2, 0) is 28.0 Å². The maximum Gasteiger partial charge on any atom is 0.282 e. The Kier molecular flexibility index (Phi) is 5.88. The zero-order valence-electron chi connectivity index (χ0n) is 15.1. The molecule has 0 aliphatic carbocycles. The summed E-state index contributed by atoms with van der Waals surface area (Å²) >= 11 is 0. The number of anilines is 1. The Morgan fingerprint density at radius 2 is 1.59 bits per heavy atom. The van der Waals surface area contributed by atoms with Crippen molar-refractivity contribution in [3.05, 3.63) is 65.5 Å². The van der Waals surface area contributed by atoms with Gasteiger partial charge in [-0.15, -0.1) is 0 Å². The average molecular weight is 391 g/mol. The number of amides is 1. The molecule has 27 heavy (non-hydrogen) atoms. The third-order valence-electron chi connectivity index (χ3n) is 4.49. The minimum atomic E-state index is -3.72. The number of nitrogens with one attached hydrogen (secondary N) is 1.